The molecule has 1 aromatic rings. The number of aliphatic hydroxyl groups excluding tert-OH is 1. The molecular weight excluding hydrogens is 262 g/mol. The molecule has 0 atom stereocenters. The van der Waals surface area contributed by atoms with Gasteiger partial charge in [0.05, 0.1) is 16.7 Å². The van der Waals surface area contributed by atoms with Gasteiger partial charge in [0.1, 0.15) is 16.6 Å². The predicted octanol–water partition coefficient (Wildman–Crippen LogP) is 1.76. The van der Waals surface area contributed by atoms with E-state index in [-0.39, 0.29) is 11.9 Å². The Kier molecular flexibility index (Phi) is 4.08. The van der Waals surface area contributed by atoms with Crippen LogP contribution in [-0.4, -0.2) is 30.1 Å². The highest BCUT2D eigenvalue weighted by Gasteiger charge is 2.26. The molecule has 0 radical (unpaired) electrons. The Balaban J connectivity index is 2.35. The number of nitrogen functional groups attached to an aromatic ring is 1. The molecule has 0 spiro atoms. The Morgan fingerprint density at radius 1 is 1.58 bits per heavy atom. The van der Waals surface area contributed by atoms with Gasteiger partial charge >= 0.3 is 0 Å². The van der Waals surface area contributed by atoms with Crippen molar-refractivity contribution in [3.63, 3.8) is 0 Å². The highest BCUT2D eigenvalue weighted by atomic mass is 32.1. The number of aliphatic hydroxyl groups is 1. The molecule has 2 rings (SSSR count). The van der Waals surface area contributed by atoms with Crippen LogP contribution in [0.25, 0.3) is 0 Å². The molecule has 0 amide bonds. The second-order valence-electron chi connectivity index (χ2n) is 4.63. The predicted molar refractivity (Wildman–Crippen MR) is 75.5 cm³/mol. The molecule has 19 heavy (non-hydrogen) atoms. The van der Waals surface area contributed by atoms with Crippen molar-refractivity contribution in [1.82, 2.24) is 0 Å². The SMILES string of the molecule is CCC(=O)c1sc(N2CCC(O)CC2)c(C#N)c1N. The van der Waals surface area contributed by atoms with E-state index < -0.39 is 0 Å². The molecule has 1 fully saturated rings. The summed E-state index contributed by atoms with van der Waals surface area (Å²) in [5.41, 5.74) is 6.62. The van der Waals surface area contributed by atoms with Crippen LogP contribution in [0.4, 0.5) is 10.7 Å². The van der Waals surface area contributed by atoms with Gasteiger partial charge in [0.25, 0.3) is 0 Å². The van der Waals surface area contributed by atoms with Gasteiger partial charge in [-0.25, -0.2) is 0 Å². The number of carbonyl (C=O) groups excluding carboxylic acids is 1. The topological polar surface area (TPSA) is 90.4 Å². The van der Waals surface area contributed by atoms with Crippen molar-refractivity contribution in [2.75, 3.05) is 23.7 Å². The van der Waals surface area contributed by atoms with Crippen molar-refractivity contribution in [2.24, 2.45) is 0 Å². The number of anilines is 2. The van der Waals surface area contributed by atoms with E-state index in [0.29, 0.717) is 48.5 Å². The summed E-state index contributed by atoms with van der Waals surface area (Å²) in [7, 11) is 0. The van der Waals surface area contributed by atoms with E-state index in [1.54, 1.807) is 6.92 Å². The van der Waals surface area contributed by atoms with Crippen molar-refractivity contribution >= 4 is 27.8 Å². The number of nitriles is 1. The summed E-state index contributed by atoms with van der Waals surface area (Å²) >= 11 is 1.30. The van der Waals surface area contributed by atoms with Crippen molar-refractivity contribution in [3.8, 4) is 6.07 Å². The number of hydrogen-bond acceptors (Lipinski definition) is 6. The third-order valence-corrected chi connectivity index (χ3v) is 4.67. The highest BCUT2D eigenvalue weighted by Crippen LogP contribution is 2.39. The van der Waals surface area contributed by atoms with E-state index in [1.807, 2.05) is 4.90 Å². The van der Waals surface area contributed by atoms with Gasteiger partial charge in [-0.15, -0.1) is 11.3 Å². The van der Waals surface area contributed by atoms with Crippen molar-refractivity contribution < 1.29 is 9.90 Å². The Morgan fingerprint density at radius 2 is 2.21 bits per heavy atom. The van der Waals surface area contributed by atoms with Gasteiger partial charge in [-0.2, -0.15) is 5.26 Å². The summed E-state index contributed by atoms with van der Waals surface area (Å²) in [5.74, 6) is -0.0257. The number of nitrogens with zero attached hydrogens (tertiary/aromatic N) is 2. The third-order valence-electron chi connectivity index (χ3n) is 3.36. The molecule has 1 saturated heterocycles. The maximum atomic E-state index is 11.8. The van der Waals surface area contributed by atoms with Crippen LogP contribution in [0.2, 0.25) is 0 Å². The molecule has 1 aromatic heterocycles. The summed E-state index contributed by atoms with van der Waals surface area (Å²) < 4.78 is 0. The van der Waals surface area contributed by atoms with Gasteiger partial charge in [-0.05, 0) is 12.8 Å². The zero-order valence-electron chi connectivity index (χ0n) is 10.8. The lowest BCUT2D eigenvalue weighted by Gasteiger charge is -2.30. The number of ketones is 1. The van der Waals surface area contributed by atoms with Gasteiger partial charge in [-0.1, -0.05) is 6.92 Å². The van der Waals surface area contributed by atoms with Crippen molar-refractivity contribution in [1.29, 1.82) is 5.26 Å². The fourth-order valence-electron chi connectivity index (χ4n) is 2.20. The lowest BCUT2D eigenvalue weighted by atomic mass is 10.1. The number of hydrogen-bond donors (Lipinski definition) is 2. The molecule has 5 nitrogen and oxygen atoms in total. The number of nitrogens with two attached hydrogens (primary N) is 1. The quantitative estimate of drug-likeness (QED) is 0.823. The lowest BCUT2D eigenvalue weighted by Crippen LogP contribution is -2.35. The normalized spacial score (nSPS) is 16.4. The summed E-state index contributed by atoms with van der Waals surface area (Å²) in [4.78, 5) is 14.3. The van der Waals surface area contributed by atoms with Crippen LogP contribution >= 0.6 is 11.3 Å². The molecule has 1 aliphatic heterocycles. The van der Waals surface area contributed by atoms with Crippen LogP contribution in [0, 0.1) is 11.3 Å². The van der Waals surface area contributed by atoms with Gasteiger partial charge in [0.2, 0.25) is 0 Å². The number of piperidine rings is 1. The molecule has 0 aromatic carbocycles. The first-order valence-electron chi connectivity index (χ1n) is 6.37. The zero-order chi connectivity index (χ0) is 14.0. The molecule has 0 unspecified atom stereocenters. The molecule has 0 saturated carbocycles. The fraction of sp³-hybridized carbons (Fsp3) is 0.538. The van der Waals surface area contributed by atoms with Crippen molar-refractivity contribution in [3.05, 3.63) is 10.4 Å². The number of carbonyl (C=O) groups is 1. The summed E-state index contributed by atoms with van der Waals surface area (Å²) in [6.45, 7) is 3.16. The highest BCUT2D eigenvalue weighted by molar-refractivity contribution is 7.19. The minimum atomic E-state index is -0.268. The largest absolute Gasteiger partial charge is 0.396 e. The minimum Gasteiger partial charge on any atom is -0.396 e. The molecule has 1 aliphatic rings. The Morgan fingerprint density at radius 3 is 2.74 bits per heavy atom. The van der Waals surface area contributed by atoms with Crippen LogP contribution in [0.5, 0.6) is 0 Å². The van der Waals surface area contributed by atoms with E-state index in [9.17, 15) is 15.2 Å². The average molecular weight is 279 g/mol. The number of rotatable bonds is 3. The third kappa shape index (κ3) is 2.57. The van der Waals surface area contributed by atoms with Crippen molar-refractivity contribution in [2.45, 2.75) is 32.3 Å². The molecular formula is C13H17N3O2S. The fourth-order valence-corrected chi connectivity index (χ4v) is 3.43. The average Bonchev–Trinajstić information content (AvgIpc) is 2.75. The first-order valence-corrected chi connectivity index (χ1v) is 7.18. The van der Waals surface area contributed by atoms with E-state index in [4.69, 9.17) is 5.73 Å². The first-order chi connectivity index (χ1) is 9.08. The van der Waals surface area contributed by atoms with E-state index in [2.05, 4.69) is 6.07 Å². The Hall–Kier alpha value is -1.58. The van der Waals surface area contributed by atoms with Crippen LogP contribution in [0.15, 0.2) is 0 Å². The Bertz CT molecular complexity index is 525. The van der Waals surface area contributed by atoms with Gasteiger partial charge in [-0.3, -0.25) is 4.79 Å². The van der Waals surface area contributed by atoms with Gasteiger partial charge in [0.15, 0.2) is 5.78 Å². The van der Waals surface area contributed by atoms with E-state index >= 15 is 0 Å². The maximum absolute atomic E-state index is 11.8. The second kappa shape index (κ2) is 5.59. The molecule has 102 valence electrons. The lowest BCUT2D eigenvalue weighted by molar-refractivity contribution is 0.0992. The number of thiophene rings is 1. The molecule has 0 aliphatic carbocycles. The number of Topliss-reactive ketones (excluding diaryl/α,β-unsaturated/α-hetero) is 1. The molecule has 2 heterocycles. The van der Waals surface area contributed by atoms with E-state index in [1.165, 1.54) is 11.3 Å². The first kappa shape index (κ1) is 13.8. The van der Waals surface area contributed by atoms with Crippen LogP contribution < -0.4 is 10.6 Å². The zero-order valence-corrected chi connectivity index (χ0v) is 11.7. The summed E-state index contributed by atoms with van der Waals surface area (Å²) in [6, 6.07) is 2.10. The van der Waals surface area contributed by atoms with Crippen LogP contribution in [0.1, 0.15) is 41.4 Å². The second-order valence-corrected chi connectivity index (χ2v) is 5.63. The Labute approximate surface area is 116 Å². The summed E-state index contributed by atoms with van der Waals surface area (Å²) in [5, 5.41) is 19.5. The standard InChI is InChI=1S/C13H17N3O2S/c1-2-10(18)12-11(15)9(7-14)13(19-12)16-5-3-8(17)4-6-16/h8,17H,2-6,15H2,1H3. The minimum absolute atomic E-state index is 0.0257. The molecule has 6 heteroatoms. The van der Waals surface area contributed by atoms with E-state index in [0.717, 1.165) is 5.00 Å². The summed E-state index contributed by atoms with van der Waals surface area (Å²) in [6.07, 6.45) is 1.48. The van der Waals surface area contributed by atoms with Crippen LogP contribution in [-0.2, 0) is 0 Å². The van der Waals surface area contributed by atoms with Gasteiger partial charge in [0, 0.05) is 19.5 Å². The van der Waals surface area contributed by atoms with Crippen LogP contribution in [0.3, 0.4) is 0 Å². The molecule has 0 bridgehead atoms. The monoisotopic (exact) mass is 279 g/mol. The van der Waals surface area contributed by atoms with Gasteiger partial charge < -0.3 is 15.7 Å². The smallest absolute Gasteiger partial charge is 0.174 e. The maximum Gasteiger partial charge on any atom is 0.174 e. The molecule has 3 N–H and O–H groups in total.